The number of hydrogen-bond donors (Lipinski definition) is 0. The molecular weight excluding hydrogens is 511 g/mol. The van der Waals surface area contributed by atoms with Gasteiger partial charge in [0, 0.05) is 11.1 Å². The lowest BCUT2D eigenvalue weighted by atomic mass is 9.98. The van der Waals surface area contributed by atoms with Gasteiger partial charge >= 0.3 is 0 Å². The molecule has 0 heterocycles. The summed E-state index contributed by atoms with van der Waals surface area (Å²) in [4.78, 5) is -0.0512. The highest BCUT2D eigenvalue weighted by atomic mass is 32.2. The first-order valence-corrected chi connectivity index (χ1v) is 13.4. The summed E-state index contributed by atoms with van der Waals surface area (Å²) in [6, 6.07) is 21.6. The molecule has 0 nitrogen and oxygen atoms in total. The van der Waals surface area contributed by atoms with Crippen molar-refractivity contribution in [3.05, 3.63) is 119 Å². The van der Waals surface area contributed by atoms with Crippen molar-refractivity contribution in [2.75, 3.05) is 5.75 Å². The van der Waals surface area contributed by atoms with Crippen molar-refractivity contribution in [3.63, 3.8) is 0 Å². The summed E-state index contributed by atoms with van der Waals surface area (Å²) in [5.41, 5.74) is 4.20. The Morgan fingerprint density at radius 1 is 0.632 bits per heavy atom. The van der Waals surface area contributed by atoms with Gasteiger partial charge in [-0.25, -0.2) is 22.0 Å². The zero-order chi connectivity index (χ0) is 27.2. The highest BCUT2D eigenvalue weighted by molar-refractivity contribution is 7.99. The maximum Gasteiger partial charge on any atom is 0.161 e. The quantitative estimate of drug-likeness (QED) is 0.151. The summed E-state index contributed by atoms with van der Waals surface area (Å²) in [6.45, 7) is 3.37. The van der Waals surface area contributed by atoms with Crippen molar-refractivity contribution in [2.45, 2.75) is 38.0 Å². The first kappa shape index (κ1) is 27.6. The molecule has 0 atom stereocenters. The number of thioether (sulfide) groups is 1. The van der Waals surface area contributed by atoms with Crippen LogP contribution in [-0.4, -0.2) is 5.75 Å². The fourth-order valence-corrected chi connectivity index (χ4v) is 4.90. The average molecular weight is 539 g/mol. The van der Waals surface area contributed by atoms with Crippen LogP contribution in [0.3, 0.4) is 0 Å². The molecule has 0 bridgehead atoms. The Morgan fingerprint density at radius 3 is 1.74 bits per heavy atom. The molecule has 6 heteroatoms. The summed E-state index contributed by atoms with van der Waals surface area (Å²) in [5.74, 6) is -2.97. The van der Waals surface area contributed by atoms with E-state index in [-0.39, 0.29) is 28.0 Å². The first-order valence-electron chi connectivity index (χ1n) is 12.4. The minimum absolute atomic E-state index is 0.0119. The lowest BCUT2D eigenvalue weighted by Gasteiger charge is -2.10. The van der Waals surface area contributed by atoms with Crippen LogP contribution in [0.4, 0.5) is 22.0 Å². The van der Waals surface area contributed by atoms with E-state index in [1.165, 1.54) is 18.2 Å². The average Bonchev–Trinajstić information content (AvgIpc) is 2.93. The predicted molar refractivity (Wildman–Crippen MR) is 147 cm³/mol. The molecule has 196 valence electrons. The van der Waals surface area contributed by atoms with E-state index in [1.807, 2.05) is 31.2 Å². The van der Waals surface area contributed by atoms with E-state index in [9.17, 15) is 22.0 Å². The van der Waals surface area contributed by atoms with Gasteiger partial charge in [0.1, 0.15) is 23.3 Å². The molecule has 4 rings (SSSR count). The molecule has 0 aliphatic heterocycles. The molecule has 0 amide bonds. The molecule has 0 unspecified atom stereocenters. The second kappa shape index (κ2) is 12.4. The van der Waals surface area contributed by atoms with E-state index >= 15 is 0 Å². The van der Waals surface area contributed by atoms with Gasteiger partial charge in [0.05, 0.1) is 4.90 Å². The highest BCUT2D eigenvalue weighted by Crippen LogP contribution is 2.32. The lowest BCUT2D eigenvalue weighted by molar-refractivity contribution is 0.541. The molecule has 0 fully saturated rings. The van der Waals surface area contributed by atoms with Crippen LogP contribution in [0.15, 0.2) is 89.6 Å². The summed E-state index contributed by atoms with van der Waals surface area (Å²) in [7, 11) is 0. The second-order valence-electron chi connectivity index (χ2n) is 8.86. The molecule has 0 saturated carbocycles. The van der Waals surface area contributed by atoms with Crippen LogP contribution in [0.5, 0.6) is 0 Å². The van der Waals surface area contributed by atoms with Crippen LogP contribution >= 0.6 is 11.8 Å². The maximum absolute atomic E-state index is 14.9. The predicted octanol–water partition coefficient (Wildman–Crippen LogP) is 10.4. The Bertz CT molecular complexity index is 1420. The van der Waals surface area contributed by atoms with Gasteiger partial charge < -0.3 is 0 Å². The summed E-state index contributed by atoms with van der Waals surface area (Å²) in [5, 5.41) is 0. The van der Waals surface area contributed by atoms with E-state index < -0.39 is 29.1 Å². The maximum atomic E-state index is 14.9. The van der Waals surface area contributed by atoms with Crippen LogP contribution in [0.25, 0.3) is 28.1 Å². The van der Waals surface area contributed by atoms with Crippen molar-refractivity contribution < 1.29 is 22.0 Å². The Balaban J connectivity index is 1.42. The zero-order valence-electron chi connectivity index (χ0n) is 21.1. The molecule has 0 spiro atoms. The normalized spacial score (nSPS) is 12.0. The number of halogens is 5. The van der Waals surface area contributed by atoms with Crippen LogP contribution in [0, 0.1) is 17.5 Å². The number of hydrogen-bond acceptors (Lipinski definition) is 1. The monoisotopic (exact) mass is 538 g/mol. The van der Waals surface area contributed by atoms with Crippen molar-refractivity contribution in [3.8, 4) is 22.3 Å². The van der Waals surface area contributed by atoms with E-state index in [2.05, 4.69) is 0 Å². The summed E-state index contributed by atoms with van der Waals surface area (Å²) < 4.78 is 71.0. The van der Waals surface area contributed by atoms with Gasteiger partial charge in [-0.15, -0.1) is 11.8 Å². The van der Waals surface area contributed by atoms with Crippen molar-refractivity contribution >= 4 is 17.6 Å². The number of benzene rings is 4. The Kier molecular flexibility index (Phi) is 9.05. The third-order valence-electron chi connectivity index (χ3n) is 6.31. The Hall–Kier alpha value is -3.38. The minimum Gasteiger partial charge on any atom is -0.209 e. The molecule has 0 aromatic heterocycles. The zero-order valence-corrected chi connectivity index (χ0v) is 21.9. The van der Waals surface area contributed by atoms with Gasteiger partial charge in [-0.1, -0.05) is 74.5 Å². The number of rotatable bonds is 9. The molecule has 0 N–H and O–H groups in total. The Labute approximate surface area is 224 Å². The van der Waals surface area contributed by atoms with Gasteiger partial charge in [0.25, 0.3) is 0 Å². The lowest BCUT2D eigenvalue weighted by Crippen LogP contribution is -1.96. The van der Waals surface area contributed by atoms with Gasteiger partial charge in [0.2, 0.25) is 0 Å². The topological polar surface area (TPSA) is 0 Å². The van der Waals surface area contributed by atoms with E-state index in [0.717, 1.165) is 34.0 Å². The van der Waals surface area contributed by atoms with E-state index in [4.69, 9.17) is 0 Å². The highest BCUT2D eigenvalue weighted by Gasteiger charge is 2.15. The van der Waals surface area contributed by atoms with Gasteiger partial charge in [0.15, 0.2) is 5.83 Å². The molecule has 0 radical (unpaired) electrons. The van der Waals surface area contributed by atoms with Gasteiger partial charge in [-0.05, 0) is 71.0 Å². The SMILES string of the molecule is CCSc1c(F)cc(-c2ccc(CCc3ccc(-c4ccc(C(F)=C(F)CC)cc4)cc3)cc2F)cc1F. The molecular formula is C32H27F5S. The third-order valence-corrected chi connectivity index (χ3v) is 7.28. The molecule has 0 aliphatic carbocycles. The van der Waals surface area contributed by atoms with Crippen molar-refractivity contribution in [1.82, 2.24) is 0 Å². The summed E-state index contributed by atoms with van der Waals surface area (Å²) >= 11 is 1.07. The van der Waals surface area contributed by atoms with Crippen LogP contribution < -0.4 is 0 Å². The number of aryl methyl sites for hydroxylation is 2. The van der Waals surface area contributed by atoms with Crippen LogP contribution in [0.1, 0.15) is 37.0 Å². The van der Waals surface area contributed by atoms with Crippen LogP contribution in [-0.2, 0) is 12.8 Å². The molecule has 0 saturated heterocycles. The first-order chi connectivity index (χ1) is 18.3. The molecule has 0 aliphatic rings. The largest absolute Gasteiger partial charge is 0.209 e. The van der Waals surface area contributed by atoms with E-state index in [0.29, 0.717) is 18.6 Å². The Morgan fingerprint density at radius 2 is 1.18 bits per heavy atom. The smallest absolute Gasteiger partial charge is 0.161 e. The van der Waals surface area contributed by atoms with Crippen molar-refractivity contribution in [1.29, 1.82) is 0 Å². The molecule has 4 aromatic rings. The van der Waals surface area contributed by atoms with E-state index in [1.54, 1.807) is 43.3 Å². The standard InChI is InChI=1S/C32H27F5S/c1-3-27(33)31(37)24-14-12-23(13-15-24)22-10-7-20(8-11-22)5-6-21-9-16-26(28(34)17-21)25-18-29(35)32(38-4-2)30(36)19-25/h7-19H,3-6H2,1-2H3. The fraction of sp³-hybridized carbons (Fsp3) is 0.188. The third kappa shape index (κ3) is 6.36. The van der Waals surface area contributed by atoms with Gasteiger partial charge in [-0.2, -0.15) is 0 Å². The summed E-state index contributed by atoms with van der Waals surface area (Å²) in [6.07, 6.45) is 1.28. The molecule has 38 heavy (non-hydrogen) atoms. The van der Waals surface area contributed by atoms with Gasteiger partial charge in [-0.3, -0.25) is 0 Å². The minimum atomic E-state index is -0.831. The number of allylic oxidation sites excluding steroid dienone is 1. The second-order valence-corrected chi connectivity index (χ2v) is 10.1. The van der Waals surface area contributed by atoms with Crippen LogP contribution in [0.2, 0.25) is 0 Å². The fourth-order valence-electron chi connectivity index (χ4n) is 4.22. The molecule has 4 aromatic carbocycles. The van der Waals surface area contributed by atoms with Crippen molar-refractivity contribution in [2.24, 2.45) is 0 Å².